The molecular formula is C24H14Cl2F3N7. The number of hydrogen-bond donors (Lipinski definition) is 1. The van der Waals surface area contributed by atoms with Crippen LogP contribution in [0.3, 0.4) is 0 Å². The Bertz CT molecular complexity index is 1750. The molecule has 0 fully saturated rings. The zero-order valence-electron chi connectivity index (χ0n) is 18.1. The third-order valence-corrected chi connectivity index (χ3v) is 6.46. The number of benzene rings is 3. The molecular weight excluding hydrogens is 514 g/mol. The monoisotopic (exact) mass is 527 g/mol. The molecule has 0 amide bonds. The number of nitrogens with one attached hydrogen (secondary N) is 1. The van der Waals surface area contributed by atoms with Gasteiger partial charge < -0.3 is 0 Å². The van der Waals surface area contributed by atoms with E-state index >= 15 is 0 Å². The number of rotatable bonds is 4. The Morgan fingerprint density at radius 1 is 0.972 bits per heavy atom. The van der Waals surface area contributed by atoms with Gasteiger partial charge in [0.2, 0.25) is 0 Å². The van der Waals surface area contributed by atoms with E-state index in [1.54, 1.807) is 59.4 Å². The van der Waals surface area contributed by atoms with E-state index in [1.165, 1.54) is 10.9 Å². The van der Waals surface area contributed by atoms with Crippen LogP contribution in [0.15, 0.2) is 67.0 Å². The van der Waals surface area contributed by atoms with E-state index in [0.29, 0.717) is 27.0 Å². The lowest BCUT2D eigenvalue weighted by molar-refractivity contribution is -0.136. The molecule has 0 aliphatic carbocycles. The summed E-state index contributed by atoms with van der Waals surface area (Å²) >= 11 is 12.3. The topological polar surface area (TPSA) is 77.2 Å². The van der Waals surface area contributed by atoms with Crippen LogP contribution >= 0.6 is 23.2 Å². The number of nitrogens with zero attached hydrogens (tertiary/aromatic N) is 6. The van der Waals surface area contributed by atoms with Crippen LogP contribution in [-0.2, 0) is 12.7 Å². The summed E-state index contributed by atoms with van der Waals surface area (Å²) in [7, 11) is 0. The third kappa shape index (κ3) is 3.88. The molecule has 0 saturated heterocycles. The van der Waals surface area contributed by atoms with E-state index in [4.69, 9.17) is 23.2 Å². The third-order valence-electron chi connectivity index (χ3n) is 5.88. The number of H-pyrrole nitrogens is 1. The second-order valence-corrected chi connectivity index (χ2v) is 8.99. The minimum absolute atomic E-state index is 0.205. The Labute approximate surface area is 211 Å². The van der Waals surface area contributed by atoms with Gasteiger partial charge in [-0.25, -0.2) is 4.68 Å². The van der Waals surface area contributed by atoms with Crippen LogP contribution < -0.4 is 0 Å². The van der Waals surface area contributed by atoms with E-state index in [0.717, 1.165) is 22.5 Å². The first-order chi connectivity index (χ1) is 17.3. The highest BCUT2D eigenvalue weighted by Gasteiger charge is 2.35. The van der Waals surface area contributed by atoms with E-state index < -0.39 is 11.7 Å². The standard InChI is InChI=1S/C24H14Cl2F3N7/c25-16-3-1-14(19(26)9-16)12-35-21(5-6-31-35)15-7-18(24(27,28)29)23-22(8-15)36(34-33-23)17-4-2-13-11-30-32-20(13)10-17/h1-11H,12H2,(H,30,32). The van der Waals surface area contributed by atoms with Crippen LogP contribution in [0.25, 0.3) is 38.9 Å². The highest BCUT2D eigenvalue weighted by atomic mass is 35.5. The van der Waals surface area contributed by atoms with Crippen molar-refractivity contribution >= 4 is 45.1 Å². The van der Waals surface area contributed by atoms with Gasteiger partial charge in [-0.2, -0.15) is 23.4 Å². The SMILES string of the molecule is FC(F)(F)c1cc(-c2ccnn2Cc2ccc(Cl)cc2Cl)cc2c1nnn2-c1ccc2cn[nH]c2c1. The van der Waals surface area contributed by atoms with Gasteiger partial charge in [0.25, 0.3) is 0 Å². The summed E-state index contributed by atoms with van der Waals surface area (Å²) < 4.78 is 45.3. The lowest BCUT2D eigenvalue weighted by Gasteiger charge is -2.13. The van der Waals surface area contributed by atoms with Crippen LogP contribution in [0.4, 0.5) is 13.2 Å². The fourth-order valence-electron chi connectivity index (χ4n) is 4.15. The Morgan fingerprint density at radius 2 is 1.83 bits per heavy atom. The zero-order chi connectivity index (χ0) is 25.0. The van der Waals surface area contributed by atoms with Crippen LogP contribution in [0.2, 0.25) is 10.0 Å². The molecule has 3 aromatic heterocycles. The van der Waals surface area contributed by atoms with Crippen molar-refractivity contribution in [3.05, 3.63) is 88.2 Å². The average Bonchev–Trinajstić information content (AvgIpc) is 3.58. The maximum atomic E-state index is 14.1. The molecule has 6 aromatic rings. The molecule has 0 spiro atoms. The lowest BCUT2D eigenvalue weighted by Crippen LogP contribution is -2.08. The molecule has 0 saturated carbocycles. The summed E-state index contributed by atoms with van der Waals surface area (Å²) in [4.78, 5) is 0. The highest BCUT2D eigenvalue weighted by molar-refractivity contribution is 6.35. The number of aromatic nitrogens is 7. The number of alkyl halides is 3. The molecule has 0 aliphatic rings. The summed E-state index contributed by atoms with van der Waals surface area (Å²) in [6.45, 7) is 0.242. The fourth-order valence-corrected chi connectivity index (χ4v) is 4.62. The lowest BCUT2D eigenvalue weighted by atomic mass is 10.0. The van der Waals surface area contributed by atoms with Crippen LogP contribution in [0.5, 0.6) is 0 Å². The minimum Gasteiger partial charge on any atom is -0.278 e. The first kappa shape index (κ1) is 22.6. The van der Waals surface area contributed by atoms with Crippen molar-refractivity contribution in [2.24, 2.45) is 0 Å². The molecule has 6 rings (SSSR count). The second kappa shape index (κ2) is 8.35. The number of halogens is 5. The molecule has 1 N–H and O–H groups in total. The van der Waals surface area contributed by atoms with Gasteiger partial charge in [0, 0.05) is 27.2 Å². The average molecular weight is 528 g/mol. The molecule has 0 aliphatic heterocycles. The quantitative estimate of drug-likeness (QED) is 0.282. The van der Waals surface area contributed by atoms with Crippen LogP contribution in [0, 0.1) is 0 Å². The summed E-state index contributed by atoms with van der Waals surface area (Å²) in [6, 6.07) is 14.7. The van der Waals surface area contributed by atoms with Gasteiger partial charge in [0.1, 0.15) is 5.52 Å². The zero-order valence-corrected chi connectivity index (χ0v) is 19.6. The van der Waals surface area contributed by atoms with Gasteiger partial charge in [-0.15, -0.1) is 5.10 Å². The smallest absolute Gasteiger partial charge is 0.278 e. The molecule has 7 nitrogen and oxygen atoms in total. The maximum absolute atomic E-state index is 14.1. The van der Waals surface area contributed by atoms with Crippen LogP contribution in [-0.4, -0.2) is 35.0 Å². The van der Waals surface area contributed by atoms with Gasteiger partial charge in [-0.1, -0.05) is 34.5 Å². The molecule has 0 atom stereocenters. The molecule has 3 heterocycles. The van der Waals surface area contributed by atoms with Crippen molar-refractivity contribution in [3.8, 4) is 16.9 Å². The molecule has 0 unspecified atom stereocenters. The fraction of sp³-hybridized carbons (Fsp3) is 0.0833. The normalized spacial score (nSPS) is 12.1. The molecule has 180 valence electrons. The largest absolute Gasteiger partial charge is 0.418 e. The molecule has 12 heteroatoms. The Hall–Kier alpha value is -3.89. The Kier molecular flexibility index (Phi) is 5.24. The first-order valence-corrected chi connectivity index (χ1v) is 11.4. The number of hydrogen-bond acceptors (Lipinski definition) is 4. The highest BCUT2D eigenvalue weighted by Crippen LogP contribution is 2.38. The van der Waals surface area contributed by atoms with Crippen molar-refractivity contribution in [1.29, 1.82) is 0 Å². The van der Waals surface area contributed by atoms with Crippen LogP contribution in [0.1, 0.15) is 11.1 Å². The summed E-state index contributed by atoms with van der Waals surface area (Å²) in [5.41, 5.74) is 1.85. The van der Waals surface area contributed by atoms with E-state index in [-0.39, 0.29) is 17.6 Å². The van der Waals surface area contributed by atoms with Crippen molar-refractivity contribution in [1.82, 2.24) is 35.0 Å². The van der Waals surface area contributed by atoms with Gasteiger partial charge in [-0.3, -0.25) is 9.78 Å². The van der Waals surface area contributed by atoms with E-state index in [1.807, 2.05) is 0 Å². The molecule has 0 bridgehead atoms. The van der Waals surface area contributed by atoms with E-state index in [2.05, 4.69) is 25.6 Å². The first-order valence-electron chi connectivity index (χ1n) is 10.6. The predicted octanol–water partition coefficient (Wildman–Crippen LogP) is 6.53. The van der Waals surface area contributed by atoms with Crippen molar-refractivity contribution in [2.45, 2.75) is 12.7 Å². The number of fused-ring (bicyclic) bond motifs is 2. The summed E-state index contributed by atoms with van der Waals surface area (Å²) in [5.74, 6) is 0. The van der Waals surface area contributed by atoms with E-state index in [9.17, 15) is 13.2 Å². The van der Waals surface area contributed by atoms with Crippen molar-refractivity contribution < 1.29 is 13.2 Å². The molecule has 3 aromatic carbocycles. The van der Waals surface area contributed by atoms with Gasteiger partial charge in [-0.05, 0) is 54.1 Å². The van der Waals surface area contributed by atoms with Gasteiger partial charge in [0.05, 0.1) is 40.7 Å². The number of aromatic amines is 1. The summed E-state index contributed by atoms with van der Waals surface area (Å²) in [5, 5.41) is 20.9. The predicted molar refractivity (Wildman–Crippen MR) is 130 cm³/mol. The molecule has 36 heavy (non-hydrogen) atoms. The van der Waals surface area contributed by atoms with Gasteiger partial charge >= 0.3 is 6.18 Å². The van der Waals surface area contributed by atoms with Crippen molar-refractivity contribution in [3.63, 3.8) is 0 Å². The maximum Gasteiger partial charge on any atom is 0.418 e. The van der Waals surface area contributed by atoms with Crippen molar-refractivity contribution in [2.75, 3.05) is 0 Å². The Morgan fingerprint density at radius 3 is 2.64 bits per heavy atom. The summed E-state index contributed by atoms with van der Waals surface area (Å²) in [6.07, 6.45) is -1.46. The molecule has 0 radical (unpaired) electrons. The van der Waals surface area contributed by atoms with Gasteiger partial charge in [0.15, 0.2) is 0 Å². The second-order valence-electron chi connectivity index (χ2n) is 8.14. The minimum atomic E-state index is -4.65. The Balaban J connectivity index is 1.52.